The van der Waals surface area contributed by atoms with E-state index in [4.69, 9.17) is 9.15 Å². The Morgan fingerprint density at radius 2 is 2.04 bits per heavy atom. The lowest BCUT2D eigenvalue weighted by Gasteiger charge is -2.25. The first-order valence-electron chi connectivity index (χ1n) is 7.85. The Balaban J connectivity index is 1.67. The minimum Gasteiger partial charge on any atom is -0.497 e. The maximum Gasteiger partial charge on any atom is 0.271 e. The number of anilines is 1. The van der Waals surface area contributed by atoms with Gasteiger partial charge in [-0.2, -0.15) is 0 Å². The Labute approximate surface area is 147 Å². The van der Waals surface area contributed by atoms with Gasteiger partial charge in [-0.3, -0.25) is 9.36 Å². The third kappa shape index (κ3) is 2.98. The van der Waals surface area contributed by atoms with E-state index in [0.717, 1.165) is 22.0 Å². The summed E-state index contributed by atoms with van der Waals surface area (Å²) in [6.45, 7) is 2.88. The van der Waals surface area contributed by atoms with Crippen molar-refractivity contribution in [3.05, 3.63) is 67.6 Å². The first-order valence-corrected chi connectivity index (χ1v) is 8.67. The summed E-state index contributed by atoms with van der Waals surface area (Å²) in [5.74, 6) is 2.31. The van der Waals surface area contributed by atoms with Crippen LogP contribution in [0.2, 0.25) is 0 Å². The Hall–Kier alpha value is -2.80. The molecular weight excluding hydrogens is 338 g/mol. The van der Waals surface area contributed by atoms with Gasteiger partial charge in [-0.1, -0.05) is 11.3 Å². The quantitative estimate of drug-likeness (QED) is 0.718. The standard InChI is InChI=1S/C18H17N3O3S/c1-12-3-6-15(24-12)9-16-17(22)21-11-20(10-19-18(21)25-16)13-4-7-14(23-2)8-5-13/h3-9H,10-11H2,1-2H3. The maximum atomic E-state index is 12.7. The van der Waals surface area contributed by atoms with Gasteiger partial charge in [0.2, 0.25) is 0 Å². The number of fused-ring (bicyclic) bond motifs is 1. The summed E-state index contributed by atoms with van der Waals surface area (Å²) in [5, 5.41) is 0. The molecule has 0 bridgehead atoms. The number of hydrogen-bond donors (Lipinski definition) is 0. The molecule has 128 valence electrons. The second-order valence-electron chi connectivity index (χ2n) is 5.75. The van der Waals surface area contributed by atoms with E-state index in [1.54, 1.807) is 17.8 Å². The molecule has 0 N–H and O–H groups in total. The van der Waals surface area contributed by atoms with E-state index in [1.165, 1.54) is 11.3 Å². The summed E-state index contributed by atoms with van der Waals surface area (Å²) in [6, 6.07) is 11.5. The zero-order valence-electron chi connectivity index (χ0n) is 13.9. The van der Waals surface area contributed by atoms with E-state index in [0.29, 0.717) is 23.6 Å². The smallest absolute Gasteiger partial charge is 0.271 e. The van der Waals surface area contributed by atoms with Crippen LogP contribution in [0, 0.1) is 6.92 Å². The van der Waals surface area contributed by atoms with Crippen molar-refractivity contribution in [2.75, 3.05) is 18.7 Å². The van der Waals surface area contributed by atoms with Crippen LogP contribution in [0.1, 0.15) is 11.5 Å². The lowest BCUT2D eigenvalue weighted by Crippen LogP contribution is -2.42. The van der Waals surface area contributed by atoms with Gasteiger partial charge in [0.1, 0.15) is 30.6 Å². The van der Waals surface area contributed by atoms with Crippen LogP contribution in [-0.2, 0) is 6.67 Å². The van der Waals surface area contributed by atoms with Crippen LogP contribution in [0.4, 0.5) is 5.69 Å². The van der Waals surface area contributed by atoms with E-state index in [1.807, 2.05) is 48.2 Å². The molecule has 7 heteroatoms. The van der Waals surface area contributed by atoms with Gasteiger partial charge in [0.15, 0.2) is 4.80 Å². The highest BCUT2D eigenvalue weighted by Crippen LogP contribution is 2.20. The third-order valence-electron chi connectivity index (χ3n) is 4.05. The van der Waals surface area contributed by atoms with Crippen molar-refractivity contribution in [3.63, 3.8) is 0 Å². The molecule has 0 unspecified atom stereocenters. The minimum absolute atomic E-state index is 0.0454. The molecule has 0 atom stereocenters. The molecule has 0 spiro atoms. The van der Waals surface area contributed by atoms with E-state index >= 15 is 0 Å². The van der Waals surface area contributed by atoms with E-state index in [9.17, 15) is 4.79 Å². The predicted molar refractivity (Wildman–Crippen MR) is 96.7 cm³/mol. The van der Waals surface area contributed by atoms with Gasteiger partial charge in [-0.15, -0.1) is 0 Å². The zero-order valence-corrected chi connectivity index (χ0v) is 14.7. The average molecular weight is 355 g/mol. The fourth-order valence-corrected chi connectivity index (χ4v) is 3.67. The molecule has 2 aromatic heterocycles. The van der Waals surface area contributed by atoms with Gasteiger partial charge in [-0.05, 0) is 43.3 Å². The maximum absolute atomic E-state index is 12.7. The highest BCUT2D eigenvalue weighted by atomic mass is 32.1. The van der Waals surface area contributed by atoms with Gasteiger partial charge in [-0.25, -0.2) is 4.99 Å². The third-order valence-corrected chi connectivity index (χ3v) is 5.09. The first-order chi connectivity index (χ1) is 12.1. The zero-order chi connectivity index (χ0) is 17.4. The molecule has 6 nitrogen and oxygen atoms in total. The normalized spacial score (nSPS) is 14.3. The highest BCUT2D eigenvalue weighted by molar-refractivity contribution is 7.07. The molecule has 0 saturated heterocycles. The first kappa shape index (κ1) is 15.7. The van der Waals surface area contributed by atoms with Crippen molar-refractivity contribution in [2.45, 2.75) is 13.6 Å². The molecule has 1 aliphatic rings. The molecule has 0 radical (unpaired) electrons. The monoisotopic (exact) mass is 355 g/mol. The fraction of sp³-hybridized carbons (Fsp3) is 0.222. The van der Waals surface area contributed by atoms with Crippen molar-refractivity contribution >= 4 is 23.1 Å². The van der Waals surface area contributed by atoms with Gasteiger partial charge in [0.05, 0.1) is 11.6 Å². The Morgan fingerprint density at radius 1 is 1.24 bits per heavy atom. The van der Waals surface area contributed by atoms with E-state index in [2.05, 4.69) is 4.99 Å². The average Bonchev–Trinajstić information content (AvgIpc) is 3.18. The Morgan fingerprint density at radius 3 is 2.72 bits per heavy atom. The van der Waals surface area contributed by atoms with Crippen molar-refractivity contribution in [1.82, 2.24) is 4.57 Å². The molecule has 3 heterocycles. The number of rotatable bonds is 3. The summed E-state index contributed by atoms with van der Waals surface area (Å²) in [7, 11) is 1.64. The summed E-state index contributed by atoms with van der Waals surface area (Å²) in [6.07, 6.45) is 1.78. The van der Waals surface area contributed by atoms with Crippen molar-refractivity contribution in [1.29, 1.82) is 0 Å². The summed E-state index contributed by atoms with van der Waals surface area (Å²) in [5.41, 5.74) is 0.955. The molecule has 0 fully saturated rings. The van der Waals surface area contributed by atoms with Gasteiger partial charge in [0.25, 0.3) is 5.56 Å². The molecule has 1 aliphatic heterocycles. The molecule has 0 saturated carbocycles. The fourth-order valence-electron chi connectivity index (χ4n) is 2.73. The van der Waals surface area contributed by atoms with Crippen LogP contribution in [0.5, 0.6) is 5.75 Å². The second kappa shape index (κ2) is 6.25. The number of aromatic nitrogens is 1. The largest absolute Gasteiger partial charge is 0.497 e. The number of ether oxygens (including phenoxy) is 1. The van der Waals surface area contributed by atoms with E-state index in [-0.39, 0.29) is 5.56 Å². The number of furan rings is 1. The van der Waals surface area contributed by atoms with Crippen LogP contribution in [-0.4, -0.2) is 18.3 Å². The summed E-state index contributed by atoms with van der Waals surface area (Å²) >= 11 is 1.39. The molecule has 0 amide bonds. The number of hydrogen-bond acceptors (Lipinski definition) is 6. The number of benzene rings is 1. The number of aryl methyl sites for hydroxylation is 1. The van der Waals surface area contributed by atoms with Crippen LogP contribution < -0.4 is 24.5 Å². The topological polar surface area (TPSA) is 60.0 Å². The van der Waals surface area contributed by atoms with E-state index < -0.39 is 0 Å². The van der Waals surface area contributed by atoms with Crippen LogP contribution in [0.15, 0.2) is 50.6 Å². The molecule has 3 aromatic rings. The Bertz CT molecular complexity index is 1080. The van der Waals surface area contributed by atoms with Gasteiger partial charge < -0.3 is 14.1 Å². The minimum atomic E-state index is -0.0454. The lowest BCUT2D eigenvalue weighted by molar-refractivity contribution is 0.414. The van der Waals surface area contributed by atoms with Crippen LogP contribution in [0.25, 0.3) is 6.08 Å². The lowest BCUT2D eigenvalue weighted by atomic mass is 10.3. The van der Waals surface area contributed by atoms with Crippen molar-refractivity contribution in [3.8, 4) is 5.75 Å². The molecule has 4 rings (SSSR count). The molecule has 25 heavy (non-hydrogen) atoms. The molecule has 0 aliphatic carbocycles. The predicted octanol–water partition coefficient (Wildman–Crippen LogP) is 1.70. The number of nitrogens with zero attached hydrogens (tertiary/aromatic N) is 3. The second-order valence-corrected chi connectivity index (χ2v) is 6.76. The van der Waals surface area contributed by atoms with Crippen LogP contribution >= 0.6 is 11.3 Å². The SMILES string of the molecule is COc1ccc(N2CN=c3sc(=Cc4ccc(C)o4)c(=O)n3C2)cc1. The van der Waals surface area contributed by atoms with Crippen LogP contribution in [0.3, 0.4) is 0 Å². The molecular formula is C18H17N3O3S. The summed E-state index contributed by atoms with van der Waals surface area (Å²) < 4.78 is 13.0. The van der Waals surface area contributed by atoms with Gasteiger partial charge in [0, 0.05) is 11.8 Å². The number of thiazole rings is 1. The van der Waals surface area contributed by atoms with Crippen molar-refractivity contribution in [2.24, 2.45) is 4.99 Å². The van der Waals surface area contributed by atoms with Gasteiger partial charge >= 0.3 is 0 Å². The molecule has 1 aromatic carbocycles. The Kier molecular flexibility index (Phi) is 3.93. The highest BCUT2D eigenvalue weighted by Gasteiger charge is 2.16. The van der Waals surface area contributed by atoms with Crippen molar-refractivity contribution < 1.29 is 9.15 Å². The number of methoxy groups -OCH3 is 1. The summed E-state index contributed by atoms with van der Waals surface area (Å²) in [4.78, 5) is 20.0.